The number of anilines is 1. The first kappa shape index (κ1) is 13.6. The molecule has 3 aromatic heterocycles. The molecule has 4 aromatic rings. The molecule has 0 amide bonds. The molecule has 0 bridgehead atoms. The number of aromatic nitrogens is 4. The molecule has 0 aliphatic carbocycles. The third-order valence-corrected chi connectivity index (χ3v) is 4.25. The summed E-state index contributed by atoms with van der Waals surface area (Å²) in [6.07, 6.45) is 4.18. The van der Waals surface area contributed by atoms with Gasteiger partial charge < -0.3 is 5.73 Å². The van der Waals surface area contributed by atoms with Gasteiger partial charge in [-0.2, -0.15) is 5.10 Å². The second-order valence-corrected chi connectivity index (χ2v) is 5.83. The number of nitrogens with zero attached hydrogens (tertiary/aromatic N) is 4. The highest BCUT2D eigenvalue weighted by Gasteiger charge is 2.14. The molecule has 0 aliphatic rings. The van der Waals surface area contributed by atoms with Crippen molar-refractivity contribution in [1.29, 1.82) is 0 Å². The Morgan fingerprint density at radius 3 is 2.96 bits per heavy atom. The highest BCUT2D eigenvalue weighted by molar-refractivity contribution is 7.11. The summed E-state index contributed by atoms with van der Waals surface area (Å²) in [5, 5.41) is 6.69. The fourth-order valence-electron chi connectivity index (χ4n) is 2.45. The Morgan fingerprint density at radius 1 is 1.26 bits per heavy atom. The van der Waals surface area contributed by atoms with Crippen molar-refractivity contribution in [2.75, 3.05) is 5.73 Å². The van der Waals surface area contributed by atoms with Crippen LogP contribution in [0, 0.1) is 0 Å². The molecular formula is C16H11N5OS. The monoisotopic (exact) mass is 321 g/mol. The van der Waals surface area contributed by atoms with Gasteiger partial charge in [-0.1, -0.05) is 12.1 Å². The molecule has 7 heteroatoms. The summed E-state index contributed by atoms with van der Waals surface area (Å²) in [4.78, 5) is 19.5. The minimum atomic E-state index is 0.436. The van der Waals surface area contributed by atoms with E-state index in [1.807, 2.05) is 35.7 Å². The normalized spacial score (nSPS) is 11.0. The molecule has 0 spiro atoms. The van der Waals surface area contributed by atoms with E-state index in [4.69, 9.17) is 5.73 Å². The number of aldehydes is 1. The van der Waals surface area contributed by atoms with Crippen LogP contribution in [0.25, 0.3) is 28.2 Å². The third kappa shape index (κ3) is 2.27. The average Bonchev–Trinajstić information content (AvgIpc) is 3.20. The lowest BCUT2D eigenvalue weighted by molar-refractivity contribution is 0.112. The summed E-state index contributed by atoms with van der Waals surface area (Å²) < 4.78 is 1.75. The lowest BCUT2D eigenvalue weighted by Gasteiger charge is -2.05. The minimum absolute atomic E-state index is 0.436. The standard InChI is InChI=1S/C16H11N5OS/c17-11-3-1-2-10(6-11)14-4-5-18-16-12(7-19-21(14)16)13-9-23-15(8-22)20-13/h1-9H,17H2. The van der Waals surface area contributed by atoms with Gasteiger partial charge in [-0.15, -0.1) is 11.3 Å². The first-order valence-electron chi connectivity index (χ1n) is 6.86. The van der Waals surface area contributed by atoms with E-state index >= 15 is 0 Å². The van der Waals surface area contributed by atoms with Crippen LogP contribution in [0.3, 0.4) is 0 Å². The second-order valence-electron chi connectivity index (χ2n) is 4.94. The Labute approximate surface area is 135 Å². The maximum Gasteiger partial charge on any atom is 0.178 e. The van der Waals surface area contributed by atoms with Crippen LogP contribution >= 0.6 is 11.3 Å². The van der Waals surface area contributed by atoms with E-state index in [2.05, 4.69) is 15.1 Å². The zero-order valence-electron chi connectivity index (χ0n) is 11.9. The summed E-state index contributed by atoms with van der Waals surface area (Å²) in [5.41, 5.74) is 10.6. The maximum absolute atomic E-state index is 10.8. The molecule has 0 saturated heterocycles. The SMILES string of the molecule is Nc1cccc(-c2ccnc3c(-c4csc(C=O)n4)cnn23)c1. The number of fused-ring (bicyclic) bond motifs is 1. The Balaban J connectivity index is 1.91. The Hall–Kier alpha value is -3.06. The molecule has 112 valence electrons. The van der Waals surface area contributed by atoms with Crippen molar-refractivity contribution in [2.24, 2.45) is 0 Å². The molecule has 0 radical (unpaired) electrons. The van der Waals surface area contributed by atoms with Crippen molar-refractivity contribution in [3.8, 4) is 22.5 Å². The molecule has 6 nitrogen and oxygen atoms in total. The number of rotatable bonds is 3. The number of hydrogen-bond acceptors (Lipinski definition) is 6. The van der Waals surface area contributed by atoms with E-state index in [1.54, 1.807) is 16.9 Å². The van der Waals surface area contributed by atoms with Gasteiger partial charge in [-0.05, 0) is 18.2 Å². The van der Waals surface area contributed by atoms with Gasteiger partial charge in [0.25, 0.3) is 0 Å². The fourth-order valence-corrected chi connectivity index (χ4v) is 3.07. The predicted octanol–water partition coefficient (Wildman–Crippen LogP) is 2.91. The van der Waals surface area contributed by atoms with E-state index in [0.29, 0.717) is 22.0 Å². The summed E-state index contributed by atoms with van der Waals surface area (Å²) >= 11 is 1.30. The van der Waals surface area contributed by atoms with Crippen LogP contribution in [0.5, 0.6) is 0 Å². The highest BCUT2D eigenvalue weighted by Crippen LogP contribution is 2.28. The average molecular weight is 321 g/mol. The van der Waals surface area contributed by atoms with Crippen molar-refractivity contribution in [3.63, 3.8) is 0 Å². The van der Waals surface area contributed by atoms with E-state index in [1.165, 1.54) is 11.3 Å². The summed E-state index contributed by atoms with van der Waals surface area (Å²) in [6.45, 7) is 0. The Bertz CT molecular complexity index is 1020. The lowest BCUT2D eigenvalue weighted by Crippen LogP contribution is -1.96. The first-order chi connectivity index (χ1) is 11.3. The van der Waals surface area contributed by atoms with Crippen LogP contribution in [0.2, 0.25) is 0 Å². The van der Waals surface area contributed by atoms with Crippen molar-refractivity contribution in [2.45, 2.75) is 0 Å². The van der Waals surface area contributed by atoms with Crippen molar-refractivity contribution < 1.29 is 4.79 Å². The van der Waals surface area contributed by atoms with E-state index in [0.717, 1.165) is 23.1 Å². The zero-order chi connectivity index (χ0) is 15.8. The third-order valence-electron chi connectivity index (χ3n) is 3.48. The van der Waals surface area contributed by atoms with E-state index in [9.17, 15) is 4.79 Å². The molecule has 23 heavy (non-hydrogen) atoms. The fraction of sp³-hybridized carbons (Fsp3) is 0. The molecule has 0 fully saturated rings. The molecule has 0 atom stereocenters. The first-order valence-corrected chi connectivity index (χ1v) is 7.74. The minimum Gasteiger partial charge on any atom is -0.399 e. The number of carbonyl (C=O) groups excluding carboxylic acids is 1. The van der Waals surface area contributed by atoms with Crippen LogP contribution in [0.15, 0.2) is 48.1 Å². The molecule has 3 heterocycles. The number of benzene rings is 1. The number of thiazole rings is 1. The van der Waals surface area contributed by atoms with Gasteiger partial charge in [0, 0.05) is 22.8 Å². The molecular weight excluding hydrogens is 310 g/mol. The molecule has 0 unspecified atom stereocenters. The molecule has 4 rings (SSSR count). The molecule has 2 N–H and O–H groups in total. The number of nitrogen functional groups attached to an aromatic ring is 1. The number of nitrogens with two attached hydrogens (primary N) is 1. The zero-order valence-corrected chi connectivity index (χ0v) is 12.7. The maximum atomic E-state index is 10.8. The van der Waals surface area contributed by atoms with Gasteiger partial charge in [-0.25, -0.2) is 14.5 Å². The molecule has 1 aromatic carbocycles. The quantitative estimate of drug-likeness (QED) is 0.463. The lowest BCUT2D eigenvalue weighted by atomic mass is 10.1. The van der Waals surface area contributed by atoms with Gasteiger partial charge in [-0.3, -0.25) is 4.79 Å². The Morgan fingerprint density at radius 2 is 2.17 bits per heavy atom. The highest BCUT2D eigenvalue weighted by atomic mass is 32.1. The Kier molecular flexibility index (Phi) is 3.13. The van der Waals surface area contributed by atoms with Gasteiger partial charge in [0.15, 0.2) is 16.9 Å². The van der Waals surface area contributed by atoms with Gasteiger partial charge in [0.05, 0.1) is 23.1 Å². The van der Waals surface area contributed by atoms with Crippen molar-refractivity contribution in [3.05, 3.63) is 53.1 Å². The second kappa shape index (κ2) is 5.29. The summed E-state index contributed by atoms with van der Waals surface area (Å²) in [6, 6.07) is 9.49. The predicted molar refractivity (Wildman–Crippen MR) is 89.3 cm³/mol. The van der Waals surface area contributed by atoms with Crippen LogP contribution in [-0.2, 0) is 0 Å². The van der Waals surface area contributed by atoms with Crippen molar-refractivity contribution >= 4 is 29.0 Å². The van der Waals surface area contributed by atoms with Crippen LogP contribution in [0.1, 0.15) is 9.80 Å². The summed E-state index contributed by atoms with van der Waals surface area (Å²) in [5.74, 6) is 0. The van der Waals surface area contributed by atoms with Gasteiger partial charge in [0.1, 0.15) is 0 Å². The number of carbonyl (C=O) groups is 1. The smallest absolute Gasteiger partial charge is 0.178 e. The van der Waals surface area contributed by atoms with Gasteiger partial charge >= 0.3 is 0 Å². The number of hydrogen-bond donors (Lipinski definition) is 1. The van der Waals surface area contributed by atoms with Crippen LogP contribution in [-0.4, -0.2) is 25.9 Å². The summed E-state index contributed by atoms with van der Waals surface area (Å²) in [7, 11) is 0. The van der Waals surface area contributed by atoms with Crippen LogP contribution < -0.4 is 5.73 Å². The van der Waals surface area contributed by atoms with E-state index < -0.39 is 0 Å². The van der Waals surface area contributed by atoms with E-state index in [-0.39, 0.29) is 0 Å². The van der Waals surface area contributed by atoms with Crippen molar-refractivity contribution in [1.82, 2.24) is 19.6 Å². The molecule has 0 aliphatic heterocycles. The van der Waals surface area contributed by atoms with Crippen LogP contribution in [0.4, 0.5) is 5.69 Å². The topological polar surface area (TPSA) is 86.2 Å². The van der Waals surface area contributed by atoms with Gasteiger partial charge in [0.2, 0.25) is 0 Å². The molecule has 0 saturated carbocycles. The largest absolute Gasteiger partial charge is 0.399 e.